The second-order valence-electron chi connectivity index (χ2n) is 5.20. The molecule has 0 bridgehead atoms. The lowest BCUT2D eigenvalue weighted by Crippen LogP contribution is -2.28. The molecule has 92 valence electrons. The molecule has 1 aromatic rings. The van der Waals surface area contributed by atoms with Crippen molar-refractivity contribution >= 4 is 0 Å². The van der Waals surface area contributed by atoms with Crippen molar-refractivity contribution in [1.82, 2.24) is 14.8 Å². The topological polar surface area (TPSA) is 56.7 Å². The van der Waals surface area contributed by atoms with Crippen LogP contribution in [0.5, 0.6) is 0 Å². The molecule has 1 heterocycles. The summed E-state index contributed by atoms with van der Waals surface area (Å²) in [5.41, 5.74) is 5.72. The third kappa shape index (κ3) is 2.43. The van der Waals surface area contributed by atoms with E-state index < -0.39 is 0 Å². The average Bonchev–Trinajstić information content (AvgIpc) is 2.63. The minimum absolute atomic E-state index is 0.00384. The van der Waals surface area contributed by atoms with Gasteiger partial charge in [0.15, 0.2) is 0 Å². The summed E-state index contributed by atoms with van der Waals surface area (Å²) in [6.07, 6.45) is 2.19. The van der Waals surface area contributed by atoms with Crippen LogP contribution < -0.4 is 5.73 Å². The summed E-state index contributed by atoms with van der Waals surface area (Å²) in [5.74, 6) is 2.44. The minimum Gasteiger partial charge on any atom is -0.324 e. The van der Waals surface area contributed by atoms with Gasteiger partial charge in [-0.25, -0.2) is 0 Å². The second kappa shape index (κ2) is 4.95. The van der Waals surface area contributed by atoms with Gasteiger partial charge in [-0.2, -0.15) is 0 Å². The Morgan fingerprint density at radius 1 is 1.19 bits per heavy atom. The summed E-state index contributed by atoms with van der Waals surface area (Å²) in [7, 11) is 0. The maximum Gasteiger partial charge on any atom is 0.147 e. The molecule has 0 aromatic carbocycles. The van der Waals surface area contributed by atoms with Crippen molar-refractivity contribution in [2.75, 3.05) is 0 Å². The molecule has 4 nitrogen and oxygen atoms in total. The molecule has 1 aromatic heterocycles. The highest BCUT2D eigenvalue weighted by Gasteiger charge is 2.25. The first-order chi connectivity index (χ1) is 7.45. The van der Waals surface area contributed by atoms with Gasteiger partial charge < -0.3 is 10.3 Å². The number of aromatic nitrogens is 3. The van der Waals surface area contributed by atoms with Crippen LogP contribution in [-0.4, -0.2) is 14.8 Å². The Balaban J connectivity index is 3.24. The molecule has 0 unspecified atom stereocenters. The van der Waals surface area contributed by atoms with Crippen molar-refractivity contribution in [1.29, 1.82) is 0 Å². The Morgan fingerprint density at radius 2 is 1.75 bits per heavy atom. The predicted molar refractivity (Wildman–Crippen MR) is 66.2 cm³/mol. The van der Waals surface area contributed by atoms with E-state index in [1.165, 1.54) is 0 Å². The van der Waals surface area contributed by atoms with Crippen LogP contribution in [0.1, 0.15) is 65.0 Å². The molecule has 0 aliphatic rings. The molecule has 2 N–H and O–H groups in total. The number of rotatable bonds is 4. The van der Waals surface area contributed by atoms with Gasteiger partial charge in [0.1, 0.15) is 11.6 Å². The quantitative estimate of drug-likeness (QED) is 0.854. The summed E-state index contributed by atoms with van der Waals surface area (Å²) in [5, 5.41) is 8.53. The normalized spacial score (nSPS) is 12.4. The molecule has 0 aliphatic carbocycles. The molecule has 0 aliphatic heterocycles. The van der Waals surface area contributed by atoms with Gasteiger partial charge in [0, 0.05) is 11.5 Å². The van der Waals surface area contributed by atoms with Crippen LogP contribution in [0, 0.1) is 0 Å². The SMILES string of the molecule is CCC(CC)c1nnc(CN)n1C(C)(C)C. The van der Waals surface area contributed by atoms with Crippen molar-refractivity contribution in [3.8, 4) is 0 Å². The summed E-state index contributed by atoms with van der Waals surface area (Å²) >= 11 is 0. The lowest BCUT2D eigenvalue weighted by Gasteiger charge is -2.27. The fourth-order valence-corrected chi connectivity index (χ4v) is 2.11. The molecule has 0 spiro atoms. The van der Waals surface area contributed by atoms with E-state index in [0.717, 1.165) is 24.5 Å². The Morgan fingerprint density at radius 3 is 2.12 bits per heavy atom. The lowest BCUT2D eigenvalue weighted by atomic mass is 10.00. The number of nitrogens with two attached hydrogens (primary N) is 1. The van der Waals surface area contributed by atoms with Crippen molar-refractivity contribution in [3.63, 3.8) is 0 Å². The van der Waals surface area contributed by atoms with Crippen molar-refractivity contribution in [2.45, 2.75) is 65.5 Å². The van der Waals surface area contributed by atoms with Crippen molar-refractivity contribution in [2.24, 2.45) is 5.73 Å². The Bertz CT molecular complexity index is 331. The molecule has 0 saturated heterocycles. The van der Waals surface area contributed by atoms with E-state index in [-0.39, 0.29) is 5.54 Å². The van der Waals surface area contributed by atoms with Crippen LogP contribution in [0.3, 0.4) is 0 Å². The molecule has 0 radical (unpaired) electrons. The molecule has 1 rings (SSSR count). The fraction of sp³-hybridized carbons (Fsp3) is 0.833. The van der Waals surface area contributed by atoms with Crippen LogP contribution in [-0.2, 0) is 12.1 Å². The van der Waals surface area contributed by atoms with Gasteiger partial charge in [-0.15, -0.1) is 10.2 Å². The molecule has 0 atom stereocenters. The van der Waals surface area contributed by atoms with Crippen LogP contribution in [0.25, 0.3) is 0 Å². The highest BCUT2D eigenvalue weighted by molar-refractivity contribution is 5.05. The van der Waals surface area contributed by atoms with Crippen LogP contribution in [0.4, 0.5) is 0 Å². The van der Waals surface area contributed by atoms with Crippen LogP contribution in [0.15, 0.2) is 0 Å². The smallest absolute Gasteiger partial charge is 0.147 e. The zero-order valence-corrected chi connectivity index (χ0v) is 11.1. The Kier molecular flexibility index (Phi) is 4.08. The maximum absolute atomic E-state index is 5.72. The minimum atomic E-state index is -0.00384. The Labute approximate surface area is 98.2 Å². The van der Waals surface area contributed by atoms with Gasteiger partial charge >= 0.3 is 0 Å². The third-order valence-electron chi connectivity index (χ3n) is 2.96. The van der Waals surface area contributed by atoms with Gasteiger partial charge in [-0.05, 0) is 33.6 Å². The second-order valence-corrected chi connectivity index (χ2v) is 5.20. The van der Waals surface area contributed by atoms with E-state index in [2.05, 4.69) is 49.4 Å². The average molecular weight is 224 g/mol. The molecule has 16 heavy (non-hydrogen) atoms. The molecule has 0 amide bonds. The summed E-state index contributed by atoms with van der Waals surface area (Å²) in [4.78, 5) is 0. The van der Waals surface area contributed by atoms with Crippen molar-refractivity contribution < 1.29 is 0 Å². The number of hydrogen-bond acceptors (Lipinski definition) is 3. The maximum atomic E-state index is 5.72. The van der Waals surface area contributed by atoms with Crippen LogP contribution >= 0.6 is 0 Å². The number of hydrogen-bond donors (Lipinski definition) is 1. The van der Waals surface area contributed by atoms with Gasteiger partial charge in [-0.3, -0.25) is 0 Å². The molecular formula is C12H24N4. The fourth-order valence-electron chi connectivity index (χ4n) is 2.11. The lowest BCUT2D eigenvalue weighted by molar-refractivity contribution is 0.356. The third-order valence-corrected chi connectivity index (χ3v) is 2.96. The first kappa shape index (κ1) is 13.2. The van der Waals surface area contributed by atoms with Gasteiger partial charge in [0.25, 0.3) is 0 Å². The van der Waals surface area contributed by atoms with E-state index in [1.807, 2.05) is 0 Å². The van der Waals surface area contributed by atoms with Gasteiger partial charge in [-0.1, -0.05) is 13.8 Å². The zero-order chi connectivity index (χ0) is 12.3. The van der Waals surface area contributed by atoms with E-state index >= 15 is 0 Å². The van der Waals surface area contributed by atoms with Gasteiger partial charge in [0.2, 0.25) is 0 Å². The van der Waals surface area contributed by atoms with E-state index in [1.54, 1.807) is 0 Å². The standard InChI is InChI=1S/C12H24N4/c1-6-9(7-2)11-15-14-10(8-13)16(11)12(3,4)5/h9H,6-8,13H2,1-5H3. The summed E-state index contributed by atoms with van der Waals surface area (Å²) < 4.78 is 2.20. The highest BCUT2D eigenvalue weighted by atomic mass is 15.3. The van der Waals surface area contributed by atoms with Crippen LogP contribution in [0.2, 0.25) is 0 Å². The molecule has 0 fully saturated rings. The van der Waals surface area contributed by atoms with Gasteiger partial charge in [0.05, 0.1) is 6.54 Å². The summed E-state index contributed by atoms with van der Waals surface area (Å²) in [6, 6.07) is 0. The summed E-state index contributed by atoms with van der Waals surface area (Å²) in [6.45, 7) is 11.3. The first-order valence-corrected chi connectivity index (χ1v) is 6.10. The monoisotopic (exact) mass is 224 g/mol. The van der Waals surface area contributed by atoms with E-state index in [4.69, 9.17) is 5.73 Å². The van der Waals surface area contributed by atoms with E-state index in [0.29, 0.717) is 12.5 Å². The van der Waals surface area contributed by atoms with E-state index in [9.17, 15) is 0 Å². The first-order valence-electron chi connectivity index (χ1n) is 6.10. The van der Waals surface area contributed by atoms with Crippen molar-refractivity contribution in [3.05, 3.63) is 11.6 Å². The largest absolute Gasteiger partial charge is 0.324 e. The molecular weight excluding hydrogens is 200 g/mol. The number of nitrogens with zero attached hydrogens (tertiary/aromatic N) is 3. The Hall–Kier alpha value is -0.900. The zero-order valence-electron chi connectivity index (χ0n) is 11.1. The molecule has 0 saturated carbocycles. The predicted octanol–water partition coefficient (Wildman–Crippen LogP) is 2.40. The highest BCUT2D eigenvalue weighted by Crippen LogP contribution is 2.27. The molecule has 4 heteroatoms.